The third-order valence-corrected chi connectivity index (χ3v) is 6.93. The highest BCUT2D eigenvalue weighted by atomic mass is 28.3. The van der Waals surface area contributed by atoms with Crippen molar-refractivity contribution < 1.29 is 4.79 Å². The van der Waals surface area contributed by atoms with Crippen molar-refractivity contribution in [1.29, 1.82) is 0 Å². The van der Waals surface area contributed by atoms with E-state index in [-0.39, 0.29) is 0 Å². The van der Waals surface area contributed by atoms with Gasteiger partial charge in [-0.2, -0.15) is 0 Å². The van der Waals surface area contributed by atoms with E-state index in [2.05, 4.69) is 25.0 Å². The van der Waals surface area contributed by atoms with E-state index in [1.54, 1.807) is 0 Å². The molecule has 1 aliphatic rings. The Labute approximate surface area is 95.1 Å². The maximum atomic E-state index is 12.0. The first-order valence-electron chi connectivity index (χ1n) is 6.24. The van der Waals surface area contributed by atoms with Crippen LogP contribution in [0.1, 0.15) is 32.1 Å². The standard InChI is InChI=1S/C12H25NOSi/c1-13-9-6-4-5-7-11-15(2,3)12(14)8-10-13/h4-11H2,1-3H3. The Morgan fingerprint density at radius 1 is 1.07 bits per heavy atom. The zero-order chi connectivity index (χ0) is 11.3. The molecule has 0 saturated carbocycles. The van der Waals surface area contributed by atoms with Crippen LogP contribution in [0.2, 0.25) is 19.1 Å². The summed E-state index contributed by atoms with van der Waals surface area (Å²) in [6.07, 6.45) is 6.01. The van der Waals surface area contributed by atoms with Gasteiger partial charge in [-0.25, -0.2) is 0 Å². The summed E-state index contributed by atoms with van der Waals surface area (Å²) < 4.78 is 0. The molecular weight excluding hydrogens is 202 g/mol. The molecule has 15 heavy (non-hydrogen) atoms. The molecule has 0 radical (unpaired) electrons. The van der Waals surface area contributed by atoms with Gasteiger partial charge in [-0.3, -0.25) is 0 Å². The molecule has 3 heteroatoms. The van der Waals surface area contributed by atoms with E-state index in [4.69, 9.17) is 0 Å². The van der Waals surface area contributed by atoms with Gasteiger partial charge in [0.25, 0.3) is 0 Å². The van der Waals surface area contributed by atoms with Crippen LogP contribution >= 0.6 is 0 Å². The molecule has 0 aromatic carbocycles. The number of nitrogens with zero attached hydrogens (tertiary/aromatic N) is 1. The van der Waals surface area contributed by atoms with E-state index in [0.717, 1.165) is 19.5 Å². The topological polar surface area (TPSA) is 20.3 Å². The predicted octanol–water partition coefficient (Wildman–Crippen LogP) is 2.70. The minimum Gasteiger partial charge on any atom is -0.306 e. The quantitative estimate of drug-likeness (QED) is 0.593. The van der Waals surface area contributed by atoms with Crippen molar-refractivity contribution in [1.82, 2.24) is 4.90 Å². The Bertz CT molecular complexity index is 216. The highest BCUT2D eigenvalue weighted by Crippen LogP contribution is 2.19. The summed E-state index contributed by atoms with van der Waals surface area (Å²) in [7, 11) is 0.590. The van der Waals surface area contributed by atoms with E-state index in [0.29, 0.717) is 5.41 Å². The second-order valence-electron chi connectivity index (χ2n) is 5.52. The minimum absolute atomic E-state index is 0.580. The van der Waals surface area contributed by atoms with Gasteiger partial charge in [-0.15, -0.1) is 0 Å². The lowest BCUT2D eigenvalue weighted by Gasteiger charge is -2.21. The number of carbonyl (C=O) groups is 1. The highest BCUT2D eigenvalue weighted by Gasteiger charge is 2.29. The molecule has 0 aliphatic carbocycles. The van der Waals surface area contributed by atoms with Crippen molar-refractivity contribution in [3.8, 4) is 0 Å². The molecule has 0 aromatic heterocycles. The smallest absolute Gasteiger partial charge is 0.127 e. The van der Waals surface area contributed by atoms with Crippen LogP contribution in [0.4, 0.5) is 0 Å². The molecule has 0 aromatic rings. The van der Waals surface area contributed by atoms with E-state index in [1.165, 1.54) is 31.7 Å². The molecule has 2 nitrogen and oxygen atoms in total. The van der Waals surface area contributed by atoms with Crippen LogP contribution in [0.15, 0.2) is 0 Å². The van der Waals surface area contributed by atoms with Crippen LogP contribution in [0.5, 0.6) is 0 Å². The predicted molar refractivity (Wildman–Crippen MR) is 67.9 cm³/mol. The van der Waals surface area contributed by atoms with Gasteiger partial charge in [0, 0.05) is 13.0 Å². The highest BCUT2D eigenvalue weighted by molar-refractivity contribution is 7.04. The molecule has 1 rings (SSSR count). The Hall–Kier alpha value is -0.153. The van der Waals surface area contributed by atoms with Crippen LogP contribution in [0, 0.1) is 0 Å². The zero-order valence-corrected chi connectivity index (χ0v) is 11.5. The maximum Gasteiger partial charge on any atom is 0.127 e. The SMILES string of the molecule is CN1CCCCCC[Si](C)(C)C(=O)CC1. The fraction of sp³-hybridized carbons (Fsp3) is 0.917. The van der Waals surface area contributed by atoms with Crippen LogP contribution in [0.3, 0.4) is 0 Å². The Morgan fingerprint density at radius 2 is 1.73 bits per heavy atom. The fourth-order valence-electron chi connectivity index (χ4n) is 2.18. The van der Waals surface area contributed by atoms with E-state index in [1.807, 2.05) is 0 Å². The monoisotopic (exact) mass is 227 g/mol. The molecule has 0 spiro atoms. The van der Waals surface area contributed by atoms with Gasteiger partial charge < -0.3 is 9.69 Å². The fourth-order valence-corrected chi connectivity index (χ4v) is 4.39. The average molecular weight is 227 g/mol. The summed E-state index contributed by atoms with van der Waals surface area (Å²) in [5, 5.41) is 0.580. The van der Waals surface area contributed by atoms with Gasteiger partial charge in [0.15, 0.2) is 0 Å². The first-order valence-corrected chi connectivity index (χ1v) is 9.45. The van der Waals surface area contributed by atoms with Gasteiger partial charge in [-0.1, -0.05) is 38.4 Å². The van der Waals surface area contributed by atoms with Gasteiger partial charge >= 0.3 is 0 Å². The molecule has 1 fully saturated rings. The molecule has 1 saturated heterocycles. The third-order valence-electron chi connectivity index (χ3n) is 3.57. The summed E-state index contributed by atoms with van der Waals surface area (Å²) in [4.78, 5) is 14.4. The zero-order valence-electron chi connectivity index (χ0n) is 10.5. The van der Waals surface area contributed by atoms with Crippen molar-refractivity contribution >= 4 is 13.5 Å². The van der Waals surface area contributed by atoms with Crippen molar-refractivity contribution in [3.05, 3.63) is 0 Å². The van der Waals surface area contributed by atoms with Crippen LogP contribution < -0.4 is 0 Å². The van der Waals surface area contributed by atoms with Crippen LogP contribution in [-0.4, -0.2) is 38.5 Å². The summed E-state index contributed by atoms with van der Waals surface area (Å²) in [6.45, 7) is 6.62. The van der Waals surface area contributed by atoms with Gasteiger partial charge in [0.1, 0.15) is 13.5 Å². The molecule has 0 bridgehead atoms. The Balaban J connectivity index is 2.54. The maximum absolute atomic E-state index is 12.0. The normalized spacial score (nSPS) is 25.9. The number of carbonyl (C=O) groups excluding carboxylic acids is 1. The minimum atomic E-state index is -1.55. The average Bonchev–Trinajstić information content (AvgIpc) is 2.20. The lowest BCUT2D eigenvalue weighted by atomic mass is 10.2. The summed E-state index contributed by atoms with van der Waals surface area (Å²) in [6, 6.07) is 1.20. The first kappa shape index (κ1) is 12.9. The van der Waals surface area contributed by atoms with Crippen molar-refractivity contribution in [2.75, 3.05) is 20.1 Å². The summed E-state index contributed by atoms with van der Waals surface area (Å²) in [5.41, 5.74) is 0. The largest absolute Gasteiger partial charge is 0.306 e. The van der Waals surface area contributed by atoms with E-state index in [9.17, 15) is 4.79 Å². The summed E-state index contributed by atoms with van der Waals surface area (Å²) in [5.74, 6) is 0. The number of hydrogen-bond donors (Lipinski definition) is 0. The molecular formula is C12H25NOSi. The van der Waals surface area contributed by atoms with Crippen LogP contribution in [-0.2, 0) is 4.79 Å². The number of rotatable bonds is 0. The van der Waals surface area contributed by atoms with E-state index < -0.39 is 8.07 Å². The van der Waals surface area contributed by atoms with Crippen molar-refractivity contribution in [2.24, 2.45) is 0 Å². The first-order chi connectivity index (χ1) is 7.02. The lowest BCUT2D eigenvalue weighted by Crippen LogP contribution is -2.39. The van der Waals surface area contributed by atoms with E-state index >= 15 is 0 Å². The Morgan fingerprint density at radius 3 is 2.47 bits per heavy atom. The second-order valence-corrected chi connectivity index (χ2v) is 10.3. The van der Waals surface area contributed by atoms with Crippen LogP contribution in [0.25, 0.3) is 0 Å². The molecule has 1 heterocycles. The molecule has 0 N–H and O–H groups in total. The van der Waals surface area contributed by atoms with Gasteiger partial charge in [-0.05, 0) is 20.0 Å². The lowest BCUT2D eigenvalue weighted by molar-refractivity contribution is -0.113. The summed E-state index contributed by atoms with van der Waals surface area (Å²) >= 11 is 0. The molecule has 1 aliphatic heterocycles. The van der Waals surface area contributed by atoms with Crippen molar-refractivity contribution in [2.45, 2.75) is 51.2 Å². The second kappa shape index (κ2) is 5.80. The molecule has 0 amide bonds. The Kier molecular flexibility index (Phi) is 5.00. The number of hydrogen-bond acceptors (Lipinski definition) is 2. The van der Waals surface area contributed by atoms with Gasteiger partial charge in [0.2, 0.25) is 0 Å². The van der Waals surface area contributed by atoms with Gasteiger partial charge in [0.05, 0.1) is 0 Å². The van der Waals surface area contributed by atoms with Crippen molar-refractivity contribution in [3.63, 3.8) is 0 Å². The molecule has 0 atom stereocenters. The third kappa shape index (κ3) is 4.47. The molecule has 88 valence electrons. The molecule has 0 unspecified atom stereocenters.